The zero-order chi connectivity index (χ0) is 24.7. The van der Waals surface area contributed by atoms with Crippen molar-refractivity contribution in [1.29, 1.82) is 0 Å². The number of rotatable bonds is 6. The van der Waals surface area contributed by atoms with E-state index in [1.54, 1.807) is 6.20 Å². The fourth-order valence-electron chi connectivity index (χ4n) is 4.89. The molecule has 3 N–H and O–H groups in total. The summed E-state index contributed by atoms with van der Waals surface area (Å²) < 4.78 is 13.6. The SMILES string of the molecule is CC1(C)CNCC[C@@H]1Nc1nc(-c2ccnc(Nc3cc(F)ccn3)c2)nc2cncc(C3CC3)c12. The van der Waals surface area contributed by atoms with Crippen LogP contribution in [-0.4, -0.2) is 44.1 Å². The van der Waals surface area contributed by atoms with E-state index in [1.807, 2.05) is 24.5 Å². The summed E-state index contributed by atoms with van der Waals surface area (Å²) in [6.45, 7) is 6.49. The molecule has 8 nitrogen and oxygen atoms in total. The Kier molecular flexibility index (Phi) is 5.72. The average molecular weight is 485 g/mol. The van der Waals surface area contributed by atoms with Gasteiger partial charge in [-0.25, -0.2) is 24.3 Å². The number of pyridine rings is 3. The van der Waals surface area contributed by atoms with Gasteiger partial charge in [0, 0.05) is 48.2 Å². The van der Waals surface area contributed by atoms with Crippen LogP contribution in [0.1, 0.15) is 44.6 Å². The molecule has 0 spiro atoms. The van der Waals surface area contributed by atoms with Crippen LogP contribution >= 0.6 is 0 Å². The third-order valence-electron chi connectivity index (χ3n) is 7.09. The Balaban J connectivity index is 1.42. The normalized spacial score (nSPS) is 19.2. The molecule has 9 heteroatoms. The molecule has 6 rings (SSSR count). The van der Waals surface area contributed by atoms with Crippen molar-refractivity contribution in [2.75, 3.05) is 23.7 Å². The summed E-state index contributed by atoms with van der Waals surface area (Å²) in [7, 11) is 0. The van der Waals surface area contributed by atoms with E-state index in [2.05, 4.69) is 44.7 Å². The number of fused-ring (bicyclic) bond motifs is 1. The van der Waals surface area contributed by atoms with Crippen molar-refractivity contribution >= 4 is 28.4 Å². The van der Waals surface area contributed by atoms with Crippen molar-refractivity contribution in [2.24, 2.45) is 5.41 Å². The molecular weight excluding hydrogens is 455 g/mol. The van der Waals surface area contributed by atoms with Crippen molar-refractivity contribution < 1.29 is 4.39 Å². The summed E-state index contributed by atoms with van der Waals surface area (Å²) in [4.78, 5) is 23.0. The highest BCUT2D eigenvalue weighted by Gasteiger charge is 2.34. The van der Waals surface area contributed by atoms with Crippen molar-refractivity contribution in [3.8, 4) is 11.4 Å². The summed E-state index contributed by atoms with van der Waals surface area (Å²) in [5.74, 6) is 2.52. The second kappa shape index (κ2) is 9.05. The molecule has 0 radical (unpaired) electrons. The molecule has 0 amide bonds. The Bertz CT molecular complexity index is 1420. The number of anilines is 3. The van der Waals surface area contributed by atoms with Gasteiger partial charge in [0.1, 0.15) is 23.3 Å². The van der Waals surface area contributed by atoms with E-state index < -0.39 is 0 Å². The first-order valence-corrected chi connectivity index (χ1v) is 12.4. The maximum Gasteiger partial charge on any atom is 0.162 e. The molecule has 0 unspecified atom stereocenters. The van der Waals surface area contributed by atoms with Crippen molar-refractivity contribution in [3.05, 3.63) is 60.4 Å². The summed E-state index contributed by atoms with van der Waals surface area (Å²) in [6.07, 6.45) is 10.3. The number of nitrogens with one attached hydrogen (secondary N) is 3. The lowest BCUT2D eigenvalue weighted by Gasteiger charge is -2.40. The highest BCUT2D eigenvalue weighted by Crippen LogP contribution is 2.44. The lowest BCUT2D eigenvalue weighted by Crippen LogP contribution is -2.49. The lowest BCUT2D eigenvalue weighted by molar-refractivity contribution is 0.236. The predicted octanol–water partition coefficient (Wildman–Crippen LogP) is 5.04. The highest BCUT2D eigenvalue weighted by molar-refractivity contribution is 5.93. The third kappa shape index (κ3) is 4.58. The first-order chi connectivity index (χ1) is 17.5. The molecule has 1 saturated carbocycles. The van der Waals surface area contributed by atoms with E-state index >= 15 is 0 Å². The molecule has 36 heavy (non-hydrogen) atoms. The van der Waals surface area contributed by atoms with Crippen LogP contribution in [0.3, 0.4) is 0 Å². The first kappa shape index (κ1) is 22.7. The monoisotopic (exact) mass is 484 g/mol. The molecule has 1 atom stereocenters. The summed E-state index contributed by atoms with van der Waals surface area (Å²) in [5.41, 5.74) is 2.93. The summed E-state index contributed by atoms with van der Waals surface area (Å²) in [6, 6.07) is 6.64. The number of halogens is 1. The minimum atomic E-state index is -0.364. The van der Waals surface area contributed by atoms with E-state index in [0.717, 1.165) is 41.8 Å². The van der Waals surface area contributed by atoms with Crippen LogP contribution in [-0.2, 0) is 0 Å². The fourth-order valence-corrected chi connectivity index (χ4v) is 4.89. The van der Waals surface area contributed by atoms with Gasteiger partial charge >= 0.3 is 0 Å². The quantitative estimate of drug-likeness (QED) is 0.350. The second-order valence-electron chi connectivity index (χ2n) is 10.4. The van der Waals surface area contributed by atoms with Crippen LogP contribution in [0.25, 0.3) is 22.3 Å². The molecule has 2 aliphatic rings. The van der Waals surface area contributed by atoms with E-state index in [1.165, 1.54) is 36.7 Å². The number of hydrogen-bond acceptors (Lipinski definition) is 8. The van der Waals surface area contributed by atoms with E-state index in [4.69, 9.17) is 9.97 Å². The van der Waals surface area contributed by atoms with Crippen LogP contribution in [0.2, 0.25) is 0 Å². The molecule has 4 aromatic rings. The first-order valence-electron chi connectivity index (χ1n) is 12.4. The van der Waals surface area contributed by atoms with Gasteiger partial charge < -0.3 is 16.0 Å². The van der Waals surface area contributed by atoms with Gasteiger partial charge in [-0.2, -0.15) is 0 Å². The Morgan fingerprint density at radius 3 is 2.58 bits per heavy atom. The van der Waals surface area contributed by atoms with Gasteiger partial charge in [-0.15, -0.1) is 0 Å². The van der Waals surface area contributed by atoms with Crippen molar-refractivity contribution in [3.63, 3.8) is 0 Å². The average Bonchev–Trinajstić information content (AvgIpc) is 3.70. The van der Waals surface area contributed by atoms with Gasteiger partial charge in [0.25, 0.3) is 0 Å². The van der Waals surface area contributed by atoms with Crippen LogP contribution in [0.15, 0.2) is 49.1 Å². The van der Waals surface area contributed by atoms with E-state index in [-0.39, 0.29) is 17.3 Å². The fraction of sp³-hybridized carbons (Fsp3) is 0.370. The number of hydrogen-bond donors (Lipinski definition) is 3. The van der Waals surface area contributed by atoms with E-state index in [0.29, 0.717) is 23.4 Å². The van der Waals surface area contributed by atoms with Crippen LogP contribution in [0, 0.1) is 11.2 Å². The summed E-state index contributed by atoms with van der Waals surface area (Å²) in [5, 5.41) is 11.4. The molecule has 1 saturated heterocycles. The Morgan fingerprint density at radius 2 is 1.81 bits per heavy atom. The largest absolute Gasteiger partial charge is 0.366 e. The highest BCUT2D eigenvalue weighted by atomic mass is 19.1. The number of piperidine rings is 1. The molecular formula is C27H29FN8. The third-order valence-corrected chi connectivity index (χ3v) is 7.09. The second-order valence-corrected chi connectivity index (χ2v) is 10.4. The molecule has 184 valence electrons. The molecule has 4 aromatic heterocycles. The Morgan fingerprint density at radius 1 is 1.00 bits per heavy atom. The van der Waals surface area contributed by atoms with Crippen molar-refractivity contribution in [1.82, 2.24) is 30.2 Å². The number of nitrogens with zero attached hydrogens (tertiary/aromatic N) is 5. The lowest BCUT2D eigenvalue weighted by atomic mass is 9.80. The predicted molar refractivity (Wildman–Crippen MR) is 139 cm³/mol. The standard InChI is InChI=1S/C27H29FN8/c1-27(2)15-29-8-7-21(27)34-26-24-19(16-3-4-16)13-30-14-20(24)33-25(36-26)17-5-9-31-22(11-17)35-23-12-18(28)6-10-32-23/h5-6,9-14,16,21,29H,3-4,7-8,15H2,1-2H3,(H,31,32,35)(H,33,34,36)/t21-/m0/s1. The molecule has 5 heterocycles. The van der Waals surface area contributed by atoms with Gasteiger partial charge in [0.2, 0.25) is 0 Å². The zero-order valence-electron chi connectivity index (χ0n) is 20.4. The zero-order valence-corrected chi connectivity index (χ0v) is 20.4. The van der Waals surface area contributed by atoms with Gasteiger partial charge in [-0.3, -0.25) is 4.98 Å². The maximum atomic E-state index is 13.6. The molecule has 2 fully saturated rings. The van der Waals surface area contributed by atoms with Crippen LogP contribution in [0.4, 0.5) is 21.8 Å². The summed E-state index contributed by atoms with van der Waals surface area (Å²) >= 11 is 0. The molecule has 1 aliphatic carbocycles. The van der Waals surface area contributed by atoms with Gasteiger partial charge in [-0.1, -0.05) is 13.8 Å². The Hall–Kier alpha value is -3.72. The topological polar surface area (TPSA) is 101 Å². The van der Waals surface area contributed by atoms with Gasteiger partial charge in [-0.05, 0) is 60.9 Å². The van der Waals surface area contributed by atoms with Crippen LogP contribution < -0.4 is 16.0 Å². The minimum absolute atomic E-state index is 0.0776. The van der Waals surface area contributed by atoms with E-state index in [9.17, 15) is 4.39 Å². The Labute approximate surface area is 209 Å². The minimum Gasteiger partial charge on any atom is -0.366 e. The van der Waals surface area contributed by atoms with Gasteiger partial charge in [0.05, 0.1) is 11.7 Å². The maximum absolute atomic E-state index is 13.6. The van der Waals surface area contributed by atoms with Gasteiger partial charge in [0.15, 0.2) is 5.82 Å². The molecule has 0 aromatic carbocycles. The number of aromatic nitrogens is 5. The molecule has 0 bridgehead atoms. The van der Waals surface area contributed by atoms with Crippen LogP contribution in [0.5, 0.6) is 0 Å². The smallest absolute Gasteiger partial charge is 0.162 e. The molecule has 1 aliphatic heterocycles. The van der Waals surface area contributed by atoms with Crippen molar-refractivity contribution in [2.45, 2.75) is 45.1 Å².